The first-order valence-electron chi connectivity index (χ1n) is 6.57. The van der Waals surface area contributed by atoms with Crippen molar-refractivity contribution in [3.05, 3.63) is 62.1 Å². The molecule has 25 heavy (non-hydrogen) atoms. The van der Waals surface area contributed by atoms with Gasteiger partial charge in [0.2, 0.25) is 0 Å². The molecule has 0 aliphatic carbocycles. The summed E-state index contributed by atoms with van der Waals surface area (Å²) in [5.41, 5.74) is -0.706. The fourth-order valence-electron chi connectivity index (χ4n) is 1.96. The van der Waals surface area contributed by atoms with Crippen molar-refractivity contribution < 1.29 is 23.2 Å². The predicted octanol–water partition coefficient (Wildman–Crippen LogP) is 3.29. The highest BCUT2D eigenvalue weighted by Gasteiger charge is 2.30. The van der Waals surface area contributed by atoms with Gasteiger partial charge in [-0.25, -0.2) is 8.42 Å². The number of nitrogens with zero attached hydrogens (tertiary/aromatic N) is 2. The van der Waals surface area contributed by atoms with Crippen LogP contribution in [0.15, 0.2) is 51.8 Å². The molecule has 0 saturated carbocycles. The second-order valence-electron chi connectivity index (χ2n) is 4.75. The molecule has 0 fully saturated rings. The number of carboxylic acid groups (broad SMARTS) is 1. The zero-order chi connectivity index (χ0) is 18.8. The summed E-state index contributed by atoms with van der Waals surface area (Å²) in [6, 6.07) is 8.65. The number of hydrogen-bond acceptors (Lipinski definition) is 5. The monoisotopic (exact) mass is 448 g/mol. The van der Waals surface area contributed by atoms with E-state index >= 15 is 0 Å². The van der Waals surface area contributed by atoms with Crippen LogP contribution in [0.5, 0.6) is 0 Å². The first-order chi connectivity index (χ1) is 11.6. The first-order valence-corrected chi connectivity index (χ1v) is 9.18. The van der Waals surface area contributed by atoms with Crippen LogP contribution in [0.4, 0.5) is 11.4 Å². The summed E-state index contributed by atoms with van der Waals surface area (Å²) in [6.45, 7) is -0.945. The summed E-state index contributed by atoms with van der Waals surface area (Å²) in [7, 11) is -4.31. The molecule has 0 unspecified atom stereocenters. The largest absolute Gasteiger partial charge is 0.480 e. The van der Waals surface area contributed by atoms with E-state index in [2.05, 4.69) is 15.9 Å². The molecule has 0 amide bonds. The number of anilines is 1. The minimum Gasteiger partial charge on any atom is -0.480 e. The Bertz CT molecular complexity index is 933. The summed E-state index contributed by atoms with van der Waals surface area (Å²) >= 11 is 9.14. The standard InChI is InChI=1S/C14H10BrClN2O6S/c15-9-1-4-11(5-2-9)25(23,24)17(8-14(19)20)13-7-10(18(21)22)3-6-12(13)16/h1-7H,8H2,(H,19,20). The number of nitro benzene ring substituents is 1. The third kappa shape index (κ3) is 4.27. The highest BCUT2D eigenvalue weighted by molar-refractivity contribution is 9.10. The maximum Gasteiger partial charge on any atom is 0.324 e. The van der Waals surface area contributed by atoms with Crippen LogP contribution in [0.1, 0.15) is 0 Å². The van der Waals surface area contributed by atoms with Gasteiger partial charge in [0, 0.05) is 16.6 Å². The molecule has 0 aliphatic heterocycles. The van der Waals surface area contributed by atoms with E-state index in [-0.39, 0.29) is 15.6 Å². The number of non-ortho nitro benzene ring substituents is 1. The molecule has 2 aromatic carbocycles. The molecule has 0 atom stereocenters. The van der Waals surface area contributed by atoms with E-state index < -0.39 is 33.1 Å². The van der Waals surface area contributed by atoms with Gasteiger partial charge in [-0.3, -0.25) is 19.2 Å². The molecular weight excluding hydrogens is 440 g/mol. The fourth-order valence-corrected chi connectivity index (χ4v) is 3.92. The molecule has 0 aromatic heterocycles. The Balaban J connectivity index is 2.64. The Morgan fingerprint density at radius 2 is 1.84 bits per heavy atom. The van der Waals surface area contributed by atoms with Gasteiger partial charge in [0.1, 0.15) is 6.54 Å². The van der Waals surface area contributed by atoms with Gasteiger partial charge in [-0.05, 0) is 30.3 Å². The summed E-state index contributed by atoms with van der Waals surface area (Å²) in [5, 5.41) is 19.9. The molecule has 2 rings (SSSR count). The number of carbonyl (C=O) groups is 1. The van der Waals surface area contributed by atoms with E-state index in [0.717, 1.165) is 18.2 Å². The molecule has 8 nitrogen and oxygen atoms in total. The molecule has 0 heterocycles. The maximum atomic E-state index is 12.8. The molecule has 1 N–H and O–H groups in total. The second-order valence-corrected chi connectivity index (χ2v) is 7.94. The third-order valence-electron chi connectivity index (χ3n) is 3.09. The number of sulfonamides is 1. The van der Waals surface area contributed by atoms with Crippen LogP contribution >= 0.6 is 27.5 Å². The van der Waals surface area contributed by atoms with Crippen molar-refractivity contribution in [1.82, 2.24) is 0 Å². The number of halogens is 2. The first kappa shape index (κ1) is 19.2. The predicted molar refractivity (Wildman–Crippen MR) is 94.4 cm³/mol. The Morgan fingerprint density at radius 3 is 2.36 bits per heavy atom. The van der Waals surface area contributed by atoms with Gasteiger partial charge in [0.15, 0.2) is 0 Å². The summed E-state index contributed by atoms with van der Waals surface area (Å²) in [6.07, 6.45) is 0. The van der Waals surface area contributed by atoms with Gasteiger partial charge < -0.3 is 5.11 Å². The van der Waals surface area contributed by atoms with Gasteiger partial charge in [-0.1, -0.05) is 27.5 Å². The molecule has 0 bridgehead atoms. The third-order valence-corrected chi connectivity index (χ3v) is 5.71. The zero-order valence-corrected chi connectivity index (χ0v) is 15.5. The molecule has 0 saturated heterocycles. The lowest BCUT2D eigenvalue weighted by atomic mass is 10.3. The quantitative estimate of drug-likeness (QED) is 0.534. The minimum absolute atomic E-state index is 0.132. The lowest BCUT2D eigenvalue weighted by Crippen LogP contribution is -2.36. The summed E-state index contributed by atoms with van der Waals surface area (Å²) < 4.78 is 26.8. The molecule has 2 aromatic rings. The summed E-state index contributed by atoms with van der Waals surface area (Å²) in [4.78, 5) is 21.2. The highest BCUT2D eigenvalue weighted by Crippen LogP contribution is 2.33. The van der Waals surface area contributed by atoms with E-state index in [0.29, 0.717) is 8.78 Å². The van der Waals surface area contributed by atoms with Crippen LogP contribution in [0.25, 0.3) is 0 Å². The Morgan fingerprint density at radius 1 is 1.24 bits per heavy atom. The van der Waals surface area contributed by atoms with Crippen LogP contribution in [-0.4, -0.2) is 31.0 Å². The van der Waals surface area contributed by atoms with Crippen molar-refractivity contribution >= 4 is 54.9 Å². The Kier molecular flexibility index (Phi) is 5.65. The van der Waals surface area contributed by atoms with Crippen molar-refractivity contribution in [2.24, 2.45) is 0 Å². The van der Waals surface area contributed by atoms with Crippen molar-refractivity contribution in [2.45, 2.75) is 4.90 Å². The molecule has 11 heteroatoms. The molecule has 132 valence electrons. The minimum atomic E-state index is -4.31. The van der Waals surface area contributed by atoms with Crippen LogP contribution < -0.4 is 4.31 Å². The van der Waals surface area contributed by atoms with Gasteiger partial charge in [0.05, 0.1) is 20.5 Å². The fraction of sp³-hybridized carbons (Fsp3) is 0.0714. The summed E-state index contributed by atoms with van der Waals surface area (Å²) in [5.74, 6) is -1.44. The lowest BCUT2D eigenvalue weighted by Gasteiger charge is -2.23. The Hall–Kier alpha value is -2.17. The van der Waals surface area contributed by atoms with Gasteiger partial charge in [0.25, 0.3) is 15.7 Å². The smallest absolute Gasteiger partial charge is 0.324 e. The van der Waals surface area contributed by atoms with Crippen LogP contribution in [0.2, 0.25) is 5.02 Å². The van der Waals surface area contributed by atoms with Gasteiger partial charge >= 0.3 is 5.97 Å². The van der Waals surface area contributed by atoms with E-state index in [1.165, 1.54) is 24.3 Å². The average Bonchev–Trinajstić information content (AvgIpc) is 2.53. The number of benzene rings is 2. The zero-order valence-electron chi connectivity index (χ0n) is 12.3. The van der Waals surface area contributed by atoms with Crippen molar-refractivity contribution in [3.63, 3.8) is 0 Å². The second kappa shape index (κ2) is 7.38. The van der Waals surface area contributed by atoms with Crippen molar-refractivity contribution in [2.75, 3.05) is 10.8 Å². The van der Waals surface area contributed by atoms with E-state index in [1.807, 2.05) is 0 Å². The van der Waals surface area contributed by atoms with E-state index in [4.69, 9.17) is 16.7 Å². The molecule has 0 aliphatic rings. The molecule has 0 radical (unpaired) electrons. The SMILES string of the molecule is O=C(O)CN(c1cc([N+](=O)[O-])ccc1Cl)S(=O)(=O)c1ccc(Br)cc1. The van der Waals surface area contributed by atoms with E-state index in [9.17, 15) is 23.3 Å². The molecular formula is C14H10BrClN2O6S. The molecule has 0 spiro atoms. The average molecular weight is 450 g/mol. The van der Waals surface area contributed by atoms with E-state index in [1.54, 1.807) is 0 Å². The van der Waals surface area contributed by atoms with Gasteiger partial charge in [-0.15, -0.1) is 0 Å². The van der Waals surface area contributed by atoms with Crippen LogP contribution in [0.3, 0.4) is 0 Å². The van der Waals surface area contributed by atoms with Crippen LogP contribution in [-0.2, 0) is 14.8 Å². The highest BCUT2D eigenvalue weighted by atomic mass is 79.9. The Labute approximate surface area is 156 Å². The number of nitro groups is 1. The van der Waals surface area contributed by atoms with Crippen LogP contribution in [0, 0.1) is 10.1 Å². The number of rotatable bonds is 6. The number of hydrogen-bond donors (Lipinski definition) is 1. The lowest BCUT2D eigenvalue weighted by molar-refractivity contribution is -0.384. The maximum absolute atomic E-state index is 12.8. The van der Waals surface area contributed by atoms with Crippen molar-refractivity contribution in [1.29, 1.82) is 0 Å². The number of carboxylic acids is 1. The normalized spacial score (nSPS) is 11.1. The topological polar surface area (TPSA) is 118 Å². The van der Waals surface area contributed by atoms with Crippen molar-refractivity contribution in [3.8, 4) is 0 Å². The number of aliphatic carboxylic acids is 1. The van der Waals surface area contributed by atoms with Gasteiger partial charge in [-0.2, -0.15) is 0 Å².